The lowest BCUT2D eigenvalue weighted by atomic mass is 10.1. The molecule has 3 aromatic rings. The van der Waals surface area contributed by atoms with E-state index in [1.54, 1.807) is 11.7 Å². The van der Waals surface area contributed by atoms with Crippen LogP contribution in [0.4, 0.5) is 11.4 Å². The molecule has 140 valence electrons. The van der Waals surface area contributed by atoms with Gasteiger partial charge in [0.15, 0.2) is 0 Å². The summed E-state index contributed by atoms with van der Waals surface area (Å²) in [6.07, 6.45) is 0.391. The van der Waals surface area contributed by atoms with E-state index in [0.717, 1.165) is 11.4 Å². The Hall–Kier alpha value is -2.87. The van der Waals surface area contributed by atoms with E-state index < -0.39 is 0 Å². The van der Waals surface area contributed by atoms with Gasteiger partial charge in [-0.1, -0.05) is 42.1 Å². The topological polar surface area (TPSA) is 84.7 Å². The lowest BCUT2D eigenvalue weighted by molar-refractivity contribution is -0.115. The molecular formula is C19H22N6OS. The Morgan fingerprint density at radius 2 is 1.81 bits per heavy atom. The van der Waals surface area contributed by atoms with Gasteiger partial charge in [0.05, 0.1) is 0 Å². The number of hydrogen-bond donors (Lipinski definition) is 2. The molecule has 1 atom stereocenters. The van der Waals surface area contributed by atoms with Crippen LogP contribution in [0.25, 0.3) is 0 Å². The summed E-state index contributed by atoms with van der Waals surface area (Å²) >= 11 is 1.46. The first kappa shape index (κ1) is 18.9. The summed E-state index contributed by atoms with van der Waals surface area (Å²) in [4.78, 5) is 12.1. The number of benzene rings is 2. The van der Waals surface area contributed by atoms with E-state index in [1.807, 2.05) is 42.5 Å². The summed E-state index contributed by atoms with van der Waals surface area (Å²) in [5.41, 5.74) is 3.02. The minimum absolute atomic E-state index is 0.0315. The van der Waals surface area contributed by atoms with E-state index in [9.17, 15) is 4.79 Å². The number of carbonyl (C=O) groups is 1. The van der Waals surface area contributed by atoms with E-state index in [1.165, 1.54) is 17.3 Å². The van der Waals surface area contributed by atoms with Crippen LogP contribution in [-0.2, 0) is 11.8 Å². The molecule has 3 rings (SSSR count). The van der Waals surface area contributed by atoms with Crippen molar-refractivity contribution in [2.75, 3.05) is 16.4 Å². The molecule has 0 spiro atoms. The Labute approximate surface area is 162 Å². The highest BCUT2D eigenvalue weighted by atomic mass is 32.2. The minimum Gasteiger partial charge on any atom is -0.379 e. The van der Waals surface area contributed by atoms with Gasteiger partial charge in [-0.25, -0.2) is 4.68 Å². The van der Waals surface area contributed by atoms with Gasteiger partial charge in [-0.3, -0.25) is 4.79 Å². The second-order valence-electron chi connectivity index (χ2n) is 6.09. The maximum absolute atomic E-state index is 12.1. The fourth-order valence-electron chi connectivity index (χ4n) is 2.53. The van der Waals surface area contributed by atoms with Crippen molar-refractivity contribution in [1.29, 1.82) is 0 Å². The number of thioether (sulfide) groups is 1. The van der Waals surface area contributed by atoms with E-state index >= 15 is 0 Å². The SMILES string of the molecule is CC(Nc1ccc(NC(=O)CCSc2nnnn2C)cc1)c1ccccc1. The Bertz CT molecular complexity index is 865. The third kappa shape index (κ3) is 5.55. The summed E-state index contributed by atoms with van der Waals surface area (Å²) in [5.74, 6) is 0.588. The predicted octanol–water partition coefficient (Wildman–Crippen LogP) is 3.50. The second kappa shape index (κ2) is 9.18. The zero-order valence-corrected chi connectivity index (χ0v) is 16.1. The van der Waals surface area contributed by atoms with Crippen LogP contribution < -0.4 is 10.6 Å². The second-order valence-corrected chi connectivity index (χ2v) is 7.15. The Balaban J connectivity index is 1.45. The molecule has 8 heteroatoms. The van der Waals surface area contributed by atoms with Crippen LogP contribution in [0, 0.1) is 0 Å². The number of hydrogen-bond acceptors (Lipinski definition) is 6. The van der Waals surface area contributed by atoms with Crippen molar-refractivity contribution in [3.63, 3.8) is 0 Å². The molecule has 0 aliphatic rings. The number of aromatic nitrogens is 4. The van der Waals surface area contributed by atoms with Crippen molar-refractivity contribution in [1.82, 2.24) is 20.2 Å². The average Bonchev–Trinajstić information content (AvgIpc) is 3.09. The minimum atomic E-state index is -0.0315. The van der Waals surface area contributed by atoms with Gasteiger partial charge in [0, 0.05) is 36.6 Å². The van der Waals surface area contributed by atoms with Gasteiger partial charge in [0.1, 0.15) is 0 Å². The molecule has 0 aliphatic carbocycles. The highest BCUT2D eigenvalue weighted by Gasteiger charge is 2.07. The Kier molecular flexibility index (Phi) is 6.43. The largest absolute Gasteiger partial charge is 0.379 e. The standard InChI is InChI=1S/C19H22N6OS/c1-14(15-6-4-3-5-7-15)20-16-8-10-17(11-9-16)21-18(26)12-13-27-19-22-23-24-25(19)2/h3-11,14,20H,12-13H2,1-2H3,(H,21,26). The molecule has 1 unspecified atom stereocenters. The third-order valence-electron chi connectivity index (χ3n) is 3.99. The van der Waals surface area contributed by atoms with Crippen molar-refractivity contribution >= 4 is 29.0 Å². The summed E-state index contributed by atoms with van der Waals surface area (Å²) in [5, 5.41) is 18.3. The van der Waals surface area contributed by atoms with Gasteiger partial charge >= 0.3 is 0 Å². The maximum atomic E-state index is 12.1. The number of tetrazole rings is 1. The van der Waals surface area contributed by atoms with Crippen LogP contribution in [0.5, 0.6) is 0 Å². The smallest absolute Gasteiger partial charge is 0.225 e. The van der Waals surface area contributed by atoms with Crippen LogP contribution in [-0.4, -0.2) is 31.9 Å². The zero-order chi connectivity index (χ0) is 19.1. The number of amides is 1. The van der Waals surface area contributed by atoms with Crippen LogP contribution in [0.15, 0.2) is 59.8 Å². The Morgan fingerprint density at radius 3 is 2.48 bits per heavy atom. The highest BCUT2D eigenvalue weighted by Crippen LogP contribution is 2.21. The van der Waals surface area contributed by atoms with Crippen molar-refractivity contribution in [2.24, 2.45) is 7.05 Å². The van der Waals surface area contributed by atoms with Crippen molar-refractivity contribution < 1.29 is 4.79 Å². The van der Waals surface area contributed by atoms with E-state index in [-0.39, 0.29) is 11.9 Å². The zero-order valence-electron chi connectivity index (χ0n) is 15.3. The number of nitrogens with one attached hydrogen (secondary N) is 2. The van der Waals surface area contributed by atoms with E-state index in [0.29, 0.717) is 17.3 Å². The van der Waals surface area contributed by atoms with Gasteiger partial charge in [0.2, 0.25) is 11.1 Å². The quantitative estimate of drug-likeness (QED) is 0.580. The molecule has 27 heavy (non-hydrogen) atoms. The molecule has 0 aliphatic heterocycles. The molecule has 1 heterocycles. The van der Waals surface area contributed by atoms with Crippen molar-refractivity contribution in [2.45, 2.75) is 24.5 Å². The number of carbonyl (C=O) groups excluding carboxylic acids is 1. The van der Waals surface area contributed by atoms with Crippen molar-refractivity contribution in [3.8, 4) is 0 Å². The van der Waals surface area contributed by atoms with Gasteiger partial charge < -0.3 is 10.6 Å². The first-order valence-electron chi connectivity index (χ1n) is 8.68. The average molecular weight is 382 g/mol. The van der Waals surface area contributed by atoms with Crippen LogP contribution in [0.1, 0.15) is 24.9 Å². The highest BCUT2D eigenvalue weighted by molar-refractivity contribution is 7.99. The fourth-order valence-corrected chi connectivity index (χ4v) is 3.31. The molecule has 1 aromatic heterocycles. The van der Waals surface area contributed by atoms with Crippen LogP contribution in [0.2, 0.25) is 0 Å². The molecule has 2 aromatic carbocycles. The molecule has 0 saturated heterocycles. The molecule has 7 nitrogen and oxygen atoms in total. The number of nitrogens with zero attached hydrogens (tertiary/aromatic N) is 4. The van der Waals surface area contributed by atoms with Gasteiger partial charge in [-0.05, 0) is 47.2 Å². The summed E-state index contributed by atoms with van der Waals surface area (Å²) in [6.45, 7) is 2.12. The van der Waals surface area contributed by atoms with Gasteiger partial charge in [-0.2, -0.15) is 0 Å². The van der Waals surface area contributed by atoms with Crippen LogP contribution in [0.3, 0.4) is 0 Å². The van der Waals surface area contributed by atoms with E-state index in [4.69, 9.17) is 0 Å². The first-order valence-corrected chi connectivity index (χ1v) is 9.67. The lowest BCUT2D eigenvalue weighted by Gasteiger charge is -2.16. The summed E-state index contributed by atoms with van der Waals surface area (Å²) in [6, 6.07) is 18.2. The van der Waals surface area contributed by atoms with Gasteiger partial charge in [-0.15, -0.1) is 5.10 Å². The molecular weight excluding hydrogens is 360 g/mol. The predicted molar refractivity (Wildman–Crippen MR) is 108 cm³/mol. The normalized spacial score (nSPS) is 11.8. The first-order chi connectivity index (χ1) is 13.1. The van der Waals surface area contributed by atoms with Crippen molar-refractivity contribution in [3.05, 3.63) is 60.2 Å². The molecule has 0 radical (unpaired) electrons. The monoisotopic (exact) mass is 382 g/mol. The van der Waals surface area contributed by atoms with E-state index in [2.05, 4.69) is 45.2 Å². The number of aryl methyl sites for hydroxylation is 1. The van der Waals surface area contributed by atoms with Crippen LogP contribution >= 0.6 is 11.8 Å². The van der Waals surface area contributed by atoms with Gasteiger partial charge in [0.25, 0.3) is 0 Å². The molecule has 0 saturated carbocycles. The fraction of sp³-hybridized carbons (Fsp3) is 0.263. The maximum Gasteiger partial charge on any atom is 0.225 e. The molecule has 0 bridgehead atoms. The third-order valence-corrected chi connectivity index (χ3v) is 5.01. The Morgan fingerprint density at radius 1 is 1.11 bits per heavy atom. The lowest BCUT2D eigenvalue weighted by Crippen LogP contribution is -2.12. The number of rotatable bonds is 8. The molecule has 1 amide bonds. The number of anilines is 2. The molecule has 0 fully saturated rings. The summed E-state index contributed by atoms with van der Waals surface area (Å²) in [7, 11) is 1.77. The summed E-state index contributed by atoms with van der Waals surface area (Å²) < 4.78 is 1.59. The molecule has 2 N–H and O–H groups in total.